The number of nitrogens with one attached hydrogen (secondary N) is 1. The third-order valence-electron chi connectivity index (χ3n) is 3.87. The van der Waals surface area contributed by atoms with E-state index in [-0.39, 0.29) is 0 Å². The van der Waals surface area contributed by atoms with Crippen molar-refractivity contribution in [3.8, 4) is 6.07 Å². The highest BCUT2D eigenvalue weighted by molar-refractivity contribution is 5.63. The van der Waals surface area contributed by atoms with Crippen LogP contribution in [0.25, 0.3) is 0 Å². The number of nitrogen functional groups attached to an aromatic ring is 1. The summed E-state index contributed by atoms with van der Waals surface area (Å²) in [5.74, 6) is 0.664. The molecule has 3 N–H and O–H groups in total. The van der Waals surface area contributed by atoms with Crippen molar-refractivity contribution in [3.05, 3.63) is 23.8 Å². The lowest BCUT2D eigenvalue weighted by Gasteiger charge is -2.24. The number of hydrogen-bond acceptors (Lipinski definition) is 3. The monoisotopic (exact) mass is 243 g/mol. The zero-order valence-electron chi connectivity index (χ0n) is 10.9. The predicted octanol–water partition coefficient (Wildman–Crippen LogP) is 3.52. The maximum absolute atomic E-state index is 9.15. The van der Waals surface area contributed by atoms with Crippen molar-refractivity contribution < 1.29 is 0 Å². The Labute approximate surface area is 109 Å². The van der Waals surface area contributed by atoms with Crippen LogP contribution in [0.15, 0.2) is 18.2 Å². The first-order valence-corrected chi connectivity index (χ1v) is 6.77. The minimum absolute atomic E-state index is 0.475. The standard InChI is InChI=1S/C15H21N3/c1-11-5-3-2-4-6-14(11)18-15-8-7-13(17)9-12(15)10-16/h7-9,11,14,18H,2-6,17H2,1H3. The highest BCUT2D eigenvalue weighted by Crippen LogP contribution is 2.27. The van der Waals surface area contributed by atoms with Gasteiger partial charge in [0.05, 0.1) is 11.3 Å². The molecule has 1 aromatic carbocycles. The molecule has 1 aliphatic rings. The SMILES string of the molecule is CC1CCCCCC1Nc1ccc(N)cc1C#N. The zero-order chi connectivity index (χ0) is 13.0. The maximum Gasteiger partial charge on any atom is 0.101 e. The van der Waals surface area contributed by atoms with E-state index in [1.54, 1.807) is 6.07 Å². The minimum Gasteiger partial charge on any atom is -0.399 e. The van der Waals surface area contributed by atoms with Crippen molar-refractivity contribution in [3.63, 3.8) is 0 Å². The summed E-state index contributed by atoms with van der Waals surface area (Å²) in [5, 5.41) is 12.7. The van der Waals surface area contributed by atoms with E-state index >= 15 is 0 Å². The number of benzene rings is 1. The Hall–Kier alpha value is -1.69. The summed E-state index contributed by atoms with van der Waals surface area (Å²) in [4.78, 5) is 0. The Balaban J connectivity index is 2.15. The molecule has 0 aliphatic heterocycles. The number of hydrogen-bond donors (Lipinski definition) is 2. The molecular formula is C15H21N3. The van der Waals surface area contributed by atoms with Gasteiger partial charge in [-0.25, -0.2) is 0 Å². The van der Waals surface area contributed by atoms with E-state index in [0.717, 1.165) is 5.69 Å². The zero-order valence-corrected chi connectivity index (χ0v) is 10.9. The van der Waals surface area contributed by atoms with E-state index in [1.807, 2.05) is 12.1 Å². The molecule has 18 heavy (non-hydrogen) atoms. The van der Waals surface area contributed by atoms with Crippen LogP contribution in [0.2, 0.25) is 0 Å². The fraction of sp³-hybridized carbons (Fsp3) is 0.533. The second-order valence-corrected chi connectivity index (χ2v) is 5.28. The Morgan fingerprint density at radius 1 is 1.28 bits per heavy atom. The van der Waals surface area contributed by atoms with Crippen molar-refractivity contribution in [2.24, 2.45) is 5.92 Å². The molecule has 1 aromatic rings. The summed E-state index contributed by atoms with van der Waals surface area (Å²) in [6, 6.07) is 8.20. The van der Waals surface area contributed by atoms with Gasteiger partial charge in [-0.15, -0.1) is 0 Å². The van der Waals surface area contributed by atoms with Gasteiger partial charge in [-0.3, -0.25) is 0 Å². The normalized spacial score (nSPS) is 24.0. The number of nitriles is 1. The number of rotatable bonds is 2. The maximum atomic E-state index is 9.15. The average Bonchev–Trinajstić information content (AvgIpc) is 2.57. The van der Waals surface area contributed by atoms with Crippen LogP contribution in [-0.2, 0) is 0 Å². The van der Waals surface area contributed by atoms with Gasteiger partial charge < -0.3 is 11.1 Å². The lowest BCUT2D eigenvalue weighted by Crippen LogP contribution is -2.26. The van der Waals surface area contributed by atoms with E-state index in [2.05, 4.69) is 18.3 Å². The first-order valence-electron chi connectivity index (χ1n) is 6.77. The molecule has 1 saturated carbocycles. The van der Waals surface area contributed by atoms with Gasteiger partial charge in [0.2, 0.25) is 0 Å². The van der Waals surface area contributed by atoms with Crippen molar-refractivity contribution in [1.82, 2.24) is 0 Å². The molecule has 0 radical (unpaired) electrons. The van der Waals surface area contributed by atoms with E-state index in [4.69, 9.17) is 11.0 Å². The number of nitrogens with zero attached hydrogens (tertiary/aromatic N) is 1. The summed E-state index contributed by atoms with van der Waals surface area (Å²) in [5.41, 5.74) is 7.92. The molecule has 2 unspecified atom stereocenters. The first-order chi connectivity index (χ1) is 8.70. The molecule has 0 saturated heterocycles. The first kappa shape index (κ1) is 12.8. The summed E-state index contributed by atoms with van der Waals surface area (Å²) < 4.78 is 0. The van der Waals surface area contributed by atoms with Crippen molar-refractivity contribution in [2.45, 2.75) is 45.1 Å². The van der Waals surface area contributed by atoms with Crippen LogP contribution in [0.3, 0.4) is 0 Å². The fourth-order valence-corrected chi connectivity index (χ4v) is 2.69. The van der Waals surface area contributed by atoms with Crippen molar-refractivity contribution >= 4 is 11.4 Å². The van der Waals surface area contributed by atoms with Crippen LogP contribution >= 0.6 is 0 Å². The number of nitrogens with two attached hydrogens (primary N) is 1. The van der Waals surface area contributed by atoms with Crippen LogP contribution in [0.4, 0.5) is 11.4 Å². The number of anilines is 2. The van der Waals surface area contributed by atoms with E-state index in [0.29, 0.717) is 23.2 Å². The molecule has 2 atom stereocenters. The largest absolute Gasteiger partial charge is 0.399 e. The second-order valence-electron chi connectivity index (χ2n) is 5.28. The van der Waals surface area contributed by atoms with Gasteiger partial charge in [0, 0.05) is 11.7 Å². The van der Waals surface area contributed by atoms with Gasteiger partial charge in [-0.1, -0.05) is 26.2 Å². The molecule has 1 aliphatic carbocycles. The molecule has 0 bridgehead atoms. The Kier molecular flexibility index (Phi) is 4.09. The molecular weight excluding hydrogens is 222 g/mol. The Bertz CT molecular complexity index is 448. The molecule has 3 nitrogen and oxygen atoms in total. The lowest BCUT2D eigenvalue weighted by atomic mass is 9.96. The smallest absolute Gasteiger partial charge is 0.101 e. The fourth-order valence-electron chi connectivity index (χ4n) is 2.69. The Morgan fingerprint density at radius 3 is 2.83 bits per heavy atom. The van der Waals surface area contributed by atoms with Gasteiger partial charge >= 0.3 is 0 Å². The van der Waals surface area contributed by atoms with Crippen molar-refractivity contribution in [1.29, 1.82) is 5.26 Å². The van der Waals surface area contributed by atoms with E-state index in [9.17, 15) is 0 Å². The third kappa shape index (κ3) is 2.95. The average molecular weight is 243 g/mol. The predicted molar refractivity (Wildman–Crippen MR) is 75.2 cm³/mol. The second kappa shape index (κ2) is 5.77. The quantitative estimate of drug-likeness (QED) is 0.617. The highest BCUT2D eigenvalue weighted by atomic mass is 14.9. The molecule has 0 heterocycles. The Morgan fingerprint density at radius 2 is 2.06 bits per heavy atom. The molecule has 96 valence electrons. The lowest BCUT2D eigenvalue weighted by molar-refractivity contribution is 0.456. The summed E-state index contributed by atoms with van der Waals surface area (Å²) in [6.07, 6.45) is 6.39. The molecule has 0 amide bonds. The van der Waals surface area contributed by atoms with E-state index in [1.165, 1.54) is 32.1 Å². The summed E-state index contributed by atoms with van der Waals surface area (Å²) >= 11 is 0. The van der Waals surface area contributed by atoms with Crippen LogP contribution in [0.5, 0.6) is 0 Å². The minimum atomic E-state index is 0.475. The third-order valence-corrected chi connectivity index (χ3v) is 3.87. The summed E-state index contributed by atoms with van der Waals surface area (Å²) in [7, 11) is 0. The molecule has 3 heteroatoms. The van der Waals surface area contributed by atoms with Crippen molar-refractivity contribution in [2.75, 3.05) is 11.1 Å². The topological polar surface area (TPSA) is 61.8 Å². The van der Waals surface area contributed by atoms with E-state index < -0.39 is 0 Å². The molecule has 1 fully saturated rings. The molecule has 2 rings (SSSR count). The van der Waals surface area contributed by atoms with Gasteiger partial charge in [0.1, 0.15) is 6.07 Å². The molecule has 0 spiro atoms. The van der Waals surface area contributed by atoms with Gasteiger partial charge in [-0.2, -0.15) is 5.26 Å². The van der Waals surface area contributed by atoms with Gasteiger partial charge in [0.15, 0.2) is 0 Å². The van der Waals surface area contributed by atoms with Gasteiger partial charge in [0.25, 0.3) is 0 Å². The van der Waals surface area contributed by atoms with Crippen LogP contribution in [0, 0.1) is 17.2 Å². The highest BCUT2D eigenvalue weighted by Gasteiger charge is 2.20. The van der Waals surface area contributed by atoms with Crippen LogP contribution in [0.1, 0.15) is 44.6 Å². The van der Waals surface area contributed by atoms with Crippen LogP contribution < -0.4 is 11.1 Å². The summed E-state index contributed by atoms with van der Waals surface area (Å²) in [6.45, 7) is 2.30. The van der Waals surface area contributed by atoms with Gasteiger partial charge in [-0.05, 0) is 37.0 Å². The molecule has 0 aromatic heterocycles. The van der Waals surface area contributed by atoms with Crippen LogP contribution in [-0.4, -0.2) is 6.04 Å².